The first-order valence-corrected chi connectivity index (χ1v) is 9.74. The Kier molecular flexibility index (Phi) is 4.98. The molecule has 0 spiro atoms. The molecule has 2 heterocycles. The Hall–Kier alpha value is -2.99. The van der Waals surface area contributed by atoms with Crippen LogP contribution in [-0.2, 0) is 11.3 Å². The molecule has 136 valence electrons. The number of fused-ring (bicyclic) bond motifs is 1. The van der Waals surface area contributed by atoms with Crippen molar-refractivity contribution in [3.05, 3.63) is 72.0 Å². The largest absolute Gasteiger partial charge is 0.347 e. The summed E-state index contributed by atoms with van der Waals surface area (Å²) in [5.74, 6) is 0.886. The quantitative estimate of drug-likeness (QED) is 0.542. The molecule has 0 saturated heterocycles. The predicted octanol–water partition coefficient (Wildman–Crippen LogP) is 4.43. The van der Waals surface area contributed by atoms with Crippen molar-refractivity contribution in [2.75, 3.05) is 0 Å². The number of aromatic nitrogens is 3. The van der Waals surface area contributed by atoms with Crippen LogP contribution < -0.4 is 5.32 Å². The minimum atomic E-state index is -0.105. The van der Waals surface area contributed by atoms with E-state index in [1.165, 1.54) is 0 Å². The van der Waals surface area contributed by atoms with Crippen molar-refractivity contribution < 1.29 is 4.79 Å². The molecule has 0 aliphatic rings. The van der Waals surface area contributed by atoms with E-state index in [2.05, 4.69) is 21.4 Å². The number of para-hydroxylation sites is 1. The van der Waals surface area contributed by atoms with Gasteiger partial charge in [-0.3, -0.25) is 4.79 Å². The number of amides is 1. The van der Waals surface area contributed by atoms with E-state index in [-0.39, 0.29) is 11.9 Å². The highest BCUT2D eigenvalue weighted by atomic mass is 32.1. The van der Waals surface area contributed by atoms with Crippen LogP contribution in [0.2, 0.25) is 0 Å². The van der Waals surface area contributed by atoms with Gasteiger partial charge in [-0.2, -0.15) is 0 Å². The maximum Gasteiger partial charge on any atom is 0.222 e. The summed E-state index contributed by atoms with van der Waals surface area (Å²) in [4.78, 5) is 21.5. The van der Waals surface area contributed by atoms with Gasteiger partial charge in [0.1, 0.15) is 10.8 Å². The molecule has 0 bridgehead atoms. The number of aryl methyl sites for hydroxylation is 1. The Morgan fingerprint density at radius 2 is 1.93 bits per heavy atom. The van der Waals surface area contributed by atoms with Crippen LogP contribution in [-0.4, -0.2) is 20.4 Å². The van der Waals surface area contributed by atoms with E-state index in [0.717, 1.165) is 26.6 Å². The molecule has 0 fully saturated rings. The van der Waals surface area contributed by atoms with E-state index in [0.29, 0.717) is 13.0 Å². The lowest BCUT2D eigenvalue weighted by molar-refractivity contribution is -0.121. The molecule has 1 N–H and O–H groups in total. The van der Waals surface area contributed by atoms with Crippen LogP contribution in [0.5, 0.6) is 0 Å². The second-order valence-electron chi connectivity index (χ2n) is 6.37. The fourth-order valence-electron chi connectivity index (χ4n) is 3.01. The molecule has 0 unspecified atom stereocenters. The lowest BCUT2D eigenvalue weighted by atomic mass is 10.2. The summed E-state index contributed by atoms with van der Waals surface area (Å²) < 4.78 is 3.15. The number of nitrogens with one attached hydrogen (secondary N) is 1. The van der Waals surface area contributed by atoms with E-state index < -0.39 is 0 Å². The van der Waals surface area contributed by atoms with Gasteiger partial charge in [-0.1, -0.05) is 42.5 Å². The van der Waals surface area contributed by atoms with Crippen LogP contribution in [0.4, 0.5) is 0 Å². The molecule has 0 aliphatic heterocycles. The van der Waals surface area contributed by atoms with Crippen LogP contribution in [0, 0.1) is 0 Å². The molecule has 6 heteroatoms. The molecule has 5 nitrogen and oxygen atoms in total. The summed E-state index contributed by atoms with van der Waals surface area (Å²) in [6.07, 6.45) is 4.07. The average molecular weight is 376 g/mol. The first-order chi connectivity index (χ1) is 13.2. The first-order valence-electron chi connectivity index (χ1n) is 8.92. The second-order valence-corrected chi connectivity index (χ2v) is 7.43. The summed E-state index contributed by atoms with van der Waals surface area (Å²) in [7, 11) is 0. The van der Waals surface area contributed by atoms with Gasteiger partial charge in [0.2, 0.25) is 5.91 Å². The van der Waals surface area contributed by atoms with Crippen molar-refractivity contribution in [3.63, 3.8) is 0 Å². The topological polar surface area (TPSA) is 59.8 Å². The normalized spacial score (nSPS) is 12.2. The van der Waals surface area contributed by atoms with E-state index in [4.69, 9.17) is 0 Å². The van der Waals surface area contributed by atoms with Crippen molar-refractivity contribution in [2.45, 2.75) is 25.9 Å². The first kappa shape index (κ1) is 17.4. The SMILES string of the molecule is C[C@H](NC(=O)CCn1ccnc1-c1ccccc1)c1nc2ccccc2s1. The zero-order valence-corrected chi connectivity index (χ0v) is 15.8. The maximum atomic E-state index is 12.4. The van der Waals surface area contributed by atoms with Gasteiger partial charge in [0.25, 0.3) is 0 Å². The fourth-order valence-corrected chi connectivity index (χ4v) is 3.98. The third-order valence-electron chi connectivity index (χ3n) is 4.39. The number of carbonyl (C=O) groups is 1. The van der Waals surface area contributed by atoms with E-state index in [1.54, 1.807) is 17.5 Å². The predicted molar refractivity (Wildman–Crippen MR) is 108 cm³/mol. The Morgan fingerprint density at radius 1 is 1.15 bits per heavy atom. The second kappa shape index (κ2) is 7.72. The van der Waals surface area contributed by atoms with E-state index in [9.17, 15) is 4.79 Å². The van der Waals surface area contributed by atoms with Crippen LogP contribution in [0.3, 0.4) is 0 Å². The summed E-state index contributed by atoms with van der Waals surface area (Å²) in [6.45, 7) is 2.56. The molecule has 1 amide bonds. The molecular weight excluding hydrogens is 356 g/mol. The van der Waals surface area contributed by atoms with Gasteiger partial charge >= 0.3 is 0 Å². The smallest absolute Gasteiger partial charge is 0.222 e. The van der Waals surface area contributed by atoms with Crippen LogP contribution in [0.15, 0.2) is 67.0 Å². The third-order valence-corrected chi connectivity index (χ3v) is 5.60. The van der Waals surface area contributed by atoms with Crippen molar-refractivity contribution in [3.8, 4) is 11.4 Å². The average Bonchev–Trinajstić information content (AvgIpc) is 3.34. The summed E-state index contributed by atoms with van der Waals surface area (Å²) >= 11 is 1.62. The van der Waals surface area contributed by atoms with Gasteiger partial charge in [0.05, 0.1) is 16.3 Å². The van der Waals surface area contributed by atoms with Gasteiger partial charge in [-0.25, -0.2) is 9.97 Å². The van der Waals surface area contributed by atoms with Crippen molar-refractivity contribution in [2.24, 2.45) is 0 Å². The number of hydrogen-bond acceptors (Lipinski definition) is 4. The van der Waals surface area contributed by atoms with Crippen molar-refractivity contribution in [1.29, 1.82) is 0 Å². The summed E-state index contributed by atoms with van der Waals surface area (Å²) in [5, 5.41) is 3.98. The number of rotatable bonds is 6. The van der Waals surface area contributed by atoms with Gasteiger partial charge in [0, 0.05) is 30.9 Å². The number of hydrogen-bond donors (Lipinski definition) is 1. The summed E-state index contributed by atoms with van der Waals surface area (Å²) in [6, 6.07) is 17.9. The number of thiazole rings is 1. The van der Waals surface area contributed by atoms with Gasteiger partial charge in [0.15, 0.2) is 0 Å². The monoisotopic (exact) mass is 376 g/mol. The molecule has 4 rings (SSSR count). The molecular formula is C21H20N4OS. The Labute approximate surface area is 161 Å². The van der Waals surface area contributed by atoms with Crippen LogP contribution in [0.1, 0.15) is 24.4 Å². The Morgan fingerprint density at radius 3 is 2.74 bits per heavy atom. The number of nitrogens with zero attached hydrogens (tertiary/aromatic N) is 3. The highest BCUT2D eigenvalue weighted by molar-refractivity contribution is 7.18. The molecule has 0 radical (unpaired) electrons. The minimum Gasteiger partial charge on any atom is -0.347 e. The molecule has 0 saturated carbocycles. The third kappa shape index (κ3) is 3.90. The van der Waals surface area contributed by atoms with Crippen LogP contribution >= 0.6 is 11.3 Å². The number of imidazole rings is 1. The zero-order valence-electron chi connectivity index (χ0n) is 15.0. The molecule has 4 aromatic rings. The highest BCUT2D eigenvalue weighted by Gasteiger charge is 2.14. The van der Waals surface area contributed by atoms with E-state index in [1.807, 2.05) is 66.2 Å². The Bertz CT molecular complexity index is 1020. The van der Waals surface area contributed by atoms with Gasteiger partial charge < -0.3 is 9.88 Å². The standard InChI is InChI=1S/C21H20N4OS/c1-15(21-24-17-9-5-6-10-18(17)27-21)23-19(26)11-13-25-14-12-22-20(25)16-7-3-2-4-8-16/h2-10,12,14-15H,11,13H2,1H3,(H,23,26)/t15-/m0/s1. The lowest BCUT2D eigenvalue weighted by Gasteiger charge is -2.12. The lowest BCUT2D eigenvalue weighted by Crippen LogP contribution is -2.27. The van der Waals surface area contributed by atoms with Crippen LogP contribution in [0.25, 0.3) is 21.6 Å². The molecule has 2 aromatic carbocycles. The molecule has 2 aromatic heterocycles. The number of carbonyl (C=O) groups excluding carboxylic acids is 1. The Balaban J connectivity index is 1.38. The molecule has 27 heavy (non-hydrogen) atoms. The maximum absolute atomic E-state index is 12.4. The zero-order chi connectivity index (χ0) is 18.6. The molecule has 0 aliphatic carbocycles. The summed E-state index contributed by atoms with van der Waals surface area (Å²) in [5.41, 5.74) is 2.02. The molecule has 1 atom stereocenters. The fraction of sp³-hybridized carbons (Fsp3) is 0.190. The van der Waals surface area contributed by atoms with Gasteiger partial charge in [-0.05, 0) is 19.1 Å². The highest BCUT2D eigenvalue weighted by Crippen LogP contribution is 2.26. The number of benzene rings is 2. The van der Waals surface area contributed by atoms with Gasteiger partial charge in [-0.15, -0.1) is 11.3 Å². The van der Waals surface area contributed by atoms with Crippen molar-refractivity contribution in [1.82, 2.24) is 19.9 Å². The minimum absolute atomic E-state index is 0.00877. The van der Waals surface area contributed by atoms with E-state index >= 15 is 0 Å². The van der Waals surface area contributed by atoms with Crippen molar-refractivity contribution >= 4 is 27.5 Å².